The van der Waals surface area contributed by atoms with Crippen LogP contribution in [-0.2, 0) is 6.61 Å². The van der Waals surface area contributed by atoms with Crippen LogP contribution in [0.15, 0.2) is 102 Å². The van der Waals surface area contributed by atoms with E-state index in [1.54, 1.807) is 11.3 Å². The molecule has 0 unspecified atom stereocenters. The van der Waals surface area contributed by atoms with Crippen molar-refractivity contribution in [1.82, 2.24) is 0 Å². The lowest BCUT2D eigenvalue weighted by atomic mass is 9.99. The molecule has 0 radical (unpaired) electrons. The molecular formula is C33H30BrNO2S. The van der Waals surface area contributed by atoms with Gasteiger partial charge < -0.3 is 14.4 Å². The molecule has 0 amide bonds. The molecule has 0 atom stereocenters. The molecule has 5 aromatic rings. The quantitative estimate of drug-likeness (QED) is 0.190. The molecule has 1 aliphatic rings. The van der Waals surface area contributed by atoms with Gasteiger partial charge in [0.25, 0.3) is 0 Å². The molecule has 0 aliphatic carbocycles. The number of rotatable bonds is 7. The van der Waals surface area contributed by atoms with Gasteiger partial charge in [-0.05, 0) is 84.5 Å². The largest absolute Gasteiger partial charge is 0.489 e. The fraction of sp³-hybridized carbons (Fsp3) is 0.212. The number of hydrogen-bond acceptors (Lipinski definition) is 4. The smallest absolute Gasteiger partial charge is 0.153 e. The molecule has 3 nitrogen and oxygen atoms in total. The Bertz CT molecular complexity index is 1510. The predicted octanol–water partition coefficient (Wildman–Crippen LogP) is 9.94. The average molecular weight is 585 g/mol. The van der Waals surface area contributed by atoms with Gasteiger partial charge in [-0.3, -0.25) is 0 Å². The van der Waals surface area contributed by atoms with Crippen LogP contribution in [0.4, 0.5) is 5.69 Å². The van der Waals surface area contributed by atoms with Crippen molar-refractivity contribution in [3.63, 3.8) is 0 Å². The fourth-order valence-corrected chi connectivity index (χ4v) is 6.31. The standard InChI is InChI=1S/C33H30BrNO2S/c1-23-17-19-35(20-18-23)27-11-13-28(14-12-27)37-32-30-16-15-29(36-22-24-5-3-2-4-6-24)21-31(30)38-33(32)25-7-9-26(34)10-8-25/h2-16,21,23H,17-20,22H2,1H3. The van der Waals surface area contributed by atoms with Crippen LogP contribution < -0.4 is 14.4 Å². The van der Waals surface area contributed by atoms with E-state index >= 15 is 0 Å². The minimum absolute atomic E-state index is 0.545. The average Bonchev–Trinajstić information content (AvgIpc) is 3.31. The molecule has 1 fully saturated rings. The summed E-state index contributed by atoms with van der Waals surface area (Å²) in [5.41, 5.74) is 3.56. The first-order valence-corrected chi connectivity index (χ1v) is 14.8. The number of anilines is 1. The Hall–Kier alpha value is -3.28. The number of fused-ring (bicyclic) bond motifs is 1. The number of piperidine rings is 1. The van der Waals surface area contributed by atoms with Crippen LogP contribution in [-0.4, -0.2) is 13.1 Å². The molecule has 0 spiro atoms. The number of halogens is 1. The van der Waals surface area contributed by atoms with Crippen molar-refractivity contribution in [3.8, 4) is 27.7 Å². The molecule has 5 heteroatoms. The van der Waals surface area contributed by atoms with Crippen molar-refractivity contribution in [2.45, 2.75) is 26.4 Å². The number of hydrogen-bond donors (Lipinski definition) is 0. The summed E-state index contributed by atoms with van der Waals surface area (Å²) in [6.07, 6.45) is 2.51. The Morgan fingerprint density at radius 3 is 2.29 bits per heavy atom. The molecule has 6 rings (SSSR count). The highest BCUT2D eigenvalue weighted by molar-refractivity contribution is 9.10. The van der Waals surface area contributed by atoms with Crippen molar-refractivity contribution in [1.29, 1.82) is 0 Å². The second-order valence-electron chi connectivity index (χ2n) is 9.96. The topological polar surface area (TPSA) is 21.7 Å². The first-order valence-electron chi connectivity index (χ1n) is 13.1. The highest BCUT2D eigenvalue weighted by atomic mass is 79.9. The first kappa shape index (κ1) is 25.0. The summed E-state index contributed by atoms with van der Waals surface area (Å²) >= 11 is 5.30. The minimum Gasteiger partial charge on any atom is -0.489 e. The van der Waals surface area contributed by atoms with Gasteiger partial charge in [0.05, 0.1) is 4.88 Å². The molecular weight excluding hydrogens is 554 g/mol. The Morgan fingerprint density at radius 1 is 0.842 bits per heavy atom. The first-order chi connectivity index (χ1) is 18.6. The normalized spacial score (nSPS) is 14.1. The van der Waals surface area contributed by atoms with Gasteiger partial charge in [0.2, 0.25) is 0 Å². The summed E-state index contributed by atoms with van der Waals surface area (Å²) in [6, 6.07) is 33.5. The molecule has 38 heavy (non-hydrogen) atoms. The van der Waals surface area contributed by atoms with E-state index in [0.717, 1.165) is 66.8 Å². The summed E-state index contributed by atoms with van der Waals surface area (Å²) in [7, 11) is 0. The van der Waals surface area contributed by atoms with Crippen molar-refractivity contribution in [2.75, 3.05) is 18.0 Å². The Kier molecular flexibility index (Phi) is 7.39. The van der Waals surface area contributed by atoms with Crippen molar-refractivity contribution in [2.24, 2.45) is 5.92 Å². The molecule has 0 N–H and O–H groups in total. The van der Waals surface area contributed by atoms with Gasteiger partial charge in [-0.25, -0.2) is 0 Å². The zero-order valence-electron chi connectivity index (χ0n) is 21.4. The Balaban J connectivity index is 1.29. The van der Waals surface area contributed by atoms with Gasteiger partial charge in [0, 0.05) is 33.3 Å². The van der Waals surface area contributed by atoms with E-state index in [4.69, 9.17) is 9.47 Å². The highest BCUT2D eigenvalue weighted by Crippen LogP contribution is 2.47. The van der Waals surface area contributed by atoms with Crippen molar-refractivity contribution in [3.05, 3.63) is 107 Å². The van der Waals surface area contributed by atoms with Gasteiger partial charge in [0.15, 0.2) is 5.75 Å². The zero-order valence-corrected chi connectivity index (χ0v) is 23.8. The maximum absolute atomic E-state index is 6.62. The van der Waals surface area contributed by atoms with E-state index in [9.17, 15) is 0 Å². The lowest BCUT2D eigenvalue weighted by Gasteiger charge is -2.32. The molecule has 4 aromatic carbocycles. The van der Waals surface area contributed by atoms with Crippen LogP contribution >= 0.6 is 27.3 Å². The summed E-state index contributed by atoms with van der Waals surface area (Å²) < 4.78 is 14.9. The van der Waals surface area contributed by atoms with Gasteiger partial charge in [0.1, 0.15) is 18.1 Å². The van der Waals surface area contributed by atoms with Gasteiger partial charge in [-0.2, -0.15) is 0 Å². The monoisotopic (exact) mass is 583 g/mol. The number of nitrogens with zero attached hydrogens (tertiary/aromatic N) is 1. The van der Waals surface area contributed by atoms with Crippen molar-refractivity contribution < 1.29 is 9.47 Å². The third kappa shape index (κ3) is 5.59. The molecule has 1 aliphatic heterocycles. The molecule has 1 aromatic heterocycles. The van der Waals surface area contributed by atoms with Crippen LogP contribution in [0, 0.1) is 5.92 Å². The van der Waals surface area contributed by atoms with Crippen molar-refractivity contribution >= 4 is 43.0 Å². The van der Waals surface area contributed by atoms with E-state index in [2.05, 4.69) is 101 Å². The minimum atomic E-state index is 0.545. The number of benzene rings is 4. The maximum atomic E-state index is 6.62. The maximum Gasteiger partial charge on any atom is 0.153 e. The van der Waals surface area contributed by atoms with E-state index in [0.29, 0.717) is 6.61 Å². The molecule has 2 heterocycles. The highest BCUT2D eigenvalue weighted by Gasteiger charge is 2.19. The third-order valence-electron chi connectivity index (χ3n) is 7.18. The third-order valence-corrected chi connectivity index (χ3v) is 8.89. The van der Waals surface area contributed by atoms with Gasteiger partial charge in [-0.15, -0.1) is 11.3 Å². The molecule has 192 valence electrons. The number of ether oxygens (including phenoxy) is 2. The van der Waals surface area contributed by atoms with Crippen LogP contribution in [0.2, 0.25) is 0 Å². The van der Waals surface area contributed by atoms with E-state index < -0.39 is 0 Å². The van der Waals surface area contributed by atoms with Crippen LogP contribution in [0.25, 0.3) is 20.5 Å². The lowest BCUT2D eigenvalue weighted by molar-refractivity contribution is 0.306. The summed E-state index contributed by atoms with van der Waals surface area (Å²) in [4.78, 5) is 3.59. The van der Waals surface area contributed by atoms with E-state index in [-0.39, 0.29) is 0 Å². The van der Waals surface area contributed by atoms with Crippen LogP contribution in [0.3, 0.4) is 0 Å². The summed E-state index contributed by atoms with van der Waals surface area (Å²) in [6.45, 7) is 5.14. The SMILES string of the molecule is CC1CCN(c2ccc(Oc3c(-c4ccc(Br)cc4)sc4cc(OCc5ccccc5)ccc34)cc2)CC1. The van der Waals surface area contributed by atoms with Gasteiger partial charge in [-0.1, -0.05) is 65.3 Å². The Morgan fingerprint density at radius 2 is 1.55 bits per heavy atom. The zero-order chi connectivity index (χ0) is 25.9. The predicted molar refractivity (Wildman–Crippen MR) is 163 cm³/mol. The summed E-state index contributed by atoms with van der Waals surface area (Å²) in [5.74, 6) is 3.42. The summed E-state index contributed by atoms with van der Waals surface area (Å²) in [5, 5.41) is 1.09. The molecule has 0 bridgehead atoms. The second kappa shape index (κ2) is 11.2. The van der Waals surface area contributed by atoms with Crippen LogP contribution in [0.1, 0.15) is 25.3 Å². The molecule has 1 saturated heterocycles. The Labute approximate surface area is 236 Å². The lowest BCUT2D eigenvalue weighted by Crippen LogP contribution is -2.32. The van der Waals surface area contributed by atoms with E-state index in [1.807, 2.05) is 24.3 Å². The second-order valence-corrected chi connectivity index (χ2v) is 11.9. The van der Waals surface area contributed by atoms with Crippen LogP contribution in [0.5, 0.6) is 17.2 Å². The number of thiophene rings is 1. The van der Waals surface area contributed by atoms with Gasteiger partial charge >= 0.3 is 0 Å². The molecule has 0 saturated carbocycles. The van der Waals surface area contributed by atoms with E-state index in [1.165, 1.54) is 18.5 Å². The fourth-order valence-electron chi connectivity index (χ4n) is 4.89.